The Labute approximate surface area is 100 Å². The van der Waals surface area contributed by atoms with Gasteiger partial charge >= 0.3 is 0 Å². The van der Waals surface area contributed by atoms with Crippen molar-refractivity contribution in [1.82, 2.24) is 4.57 Å². The minimum absolute atomic E-state index is 0.0650. The van der Waals surface area contributed by atoms with Crippen LogP contribution in [0.5, 0.6) is 0 Å². The third-order valence-electron chi connectivity index (χ3n) is 3.82. The third-order valence-corrected chi connectivity index (χ3v) is 3.82. The highest BCUT2D eigenvalue weighted by Crippen LogP contribution is 2.37. The smallest absolute Gasteiger partial charge is 0.147 e. The molecule has 1 aliphatic rings. The van der Waals surface area contributed by atoms with Crippen LogP contribution in [0, 0.1) is 5.82 Å². The topological polar surface area (TPSA) is 30.9 Å². The zero-order chi connectivity index (χ0) is 12.0. The summed E-state index contributed by atoms with van der Waals surface area (Å²) in [5, 5.41) is 1.02. The summed E-state index contributed by atoms with van der Waals surface area (Å²) in [6.07, 6.45) is 6.23. The molecule has 0 aliphatic heterocycles. The second kappa shape index (κ2) is 3.57. The van der Waals surface area contributed by atoms with Crippen molar-refractivity contribution >= 4 is 10.9 Å². The van der Waals surface area contributed by atoms with Crippen molar-refractivity contribution in [2.45, 2.75) is 31.2 Å². The van der Waals surface area contributed by atoms with Crippen molar-refractivity contribution in [3.05, 3.63) is 35.8 Å². The van der Waals surface area contributed by atoms with Gasteiger partial charge in [-0.25, -0.2) is 4.39 Å². The molecule has 0 radical (unpaired) electrons. The minimum atomic E-state index is -0.148. The summed E-state index contributed by atoms with van der Waals surface area (Å²) in [5.74, 6) is -0.148. The fraction of sp³-hybridized carbons (Fsp3) is 0.429. The molecule has 0 spiro atoms. The monoisotopic (exact) mass is 232 g/mol. The fourth-order valence-electron chi connectivity index (χ4n) is 2.49. The molecule has 0 amide bonds. The molecule has 1 saturated carbocycles. The molecule has 2 N–H and O–H groups in total. The molecule has 17 heavy (non-hydrogen) atoms. The van der Waals surface area contributed by atoms with Gasteiger partial charge in [-0.1, -0.05) is 12.1 Å². The van der Waals surface area contributed by atoms with E-state index in [0.29, 0.717) is 5.52 Å². The molecule has 0 bridgehead atoms. The molecule has 0 atom stereocenters. The van der Waals surface area contributed by atoms with Gasteiger partial charge in [-0.05, 0) is 37.3 Å². The molecule has 0 saturated heterocycles. The number of halogens is 1. The van der Waals surface area contributed by atoms with Gasteiger partial charge in [-0.3, -0.25) is 0 Å². The van der Waals surface area contributed by atoms with Crippen molar-refractivity contribution < 1.29 is 4.39 Å². The SMILES string of the molecule is Cn1cc(CCC2(N)CC2)c2cccc(F)c21. The van der Waals surface area contributed by atoms with Gasteiger partial charge in [0.25, 0.3) is 0 Å². The van der Waals surface area contributed by atoms with E-state index in [1.54, 1.807) is 6.07 Å². The first kappa shape index (κ1) is 10.8. The van der Waals surface area contributed by atoms with Crippen LogP contribution in [0.1, 0.15) is 24.8 Å². The quantitative estimate of drug-likeness (QED) is 0.866. The number of rotatable bonds is 3. The Bertz CT molecular complexity index is 567. The van der Waals surface area contributed by atoms with Gasteiger partial charge in [0, 0.05) is 24.2 Å². The summed E-state index contributed by atoms with van der Waals surface area (Å²) >= 11 is 0. The number of fused-ring (bicyclic) bond motifs is 1. The summed E-state index contributed by atoms with van der Waals surface area (Å²) < 4.78 is 15.6. The van der Waals surface area contributed by atoms with E-state index in [0.717, 1.165) is 31.1 Å². The number of nitrogens with two attached hydrogens (primary N) is 1. The van der Waals surface area contributed by atoms with Crippen LogP contribution >= 0.6 is 0 Å². The molecule has 3 heteroatoms. The Morgan fingerprint density at radius 2 is 2.18 bits per heavy atom. The zero-order valence-electron chi connectivity index (χ0n) is 10.0. The number of aryl methyl sites for hydroxylation is 2. The van der Waals surface area contributed by atoms with Crippen molar-refractivity contribution in [3.63, 3.8) is 0 Å². The number of para-hydroxylation sites is 1. The van der Waals surface area contributed by atoms with E-state index in [1.165, 1.54) is 11.6 Å². The molecule has 90 valence electrons. The molecule has 0 unspecified atom stereocenters. The number of nitrogens with zero attached hydrogens (tertiary/aromatic N) is 1. The van der Waals surface area contributed by atoms with Gasteiger partial charge in [-0.15, -0.1) is 0 Å². The minimum Gasteiger partial charge on any atom is -0.348 e. The van der Waals surface area contributed by atoms with Crippen LogP contribution in [0.2, 0.25) is 0 Å². The molecule has 1 fully saturated rings. The lowest BCUT2D eigenvalue weighted by Crippen LogP contribution is -2.21. The second-order valence-electron chi connectivity index (χ2n) is 5.26. The maximum absolute atomic E-state index is 13.7. The summed E-state index contributed by atoms with van der Waals surface area (Å²) in [5.41, 5.74) is 8.06. The van der Waals surface area contributed by atoms with Crippen LogP contribution in [0.15, 0.2) is 24.4 Å². The second-order valence-corrected chi connectivity index (χ2v) is 5.26. The normalized spacial score (nSPS) is 17.6. The number of hydrogen-bond donors (Lipinski definition) is 1. The zero-order valence-corrected chi connectivity index (χ0v) is 10.0. The third kappa shape index (κ3) is 1.84. The van der Waals surface area contributed by atoms with Crippen molar-refractivity contribution in [2.75, 3.05) is 0 Å². The van der Waals surface area contributed by atoms with Crippen molar-refractivity contribution in [2.24, 2.45) is 12.8 Å². The predicted molar refractivity (Wildman–Crippen MR) is 67.4 cm³/mol. The van der Waals surface area contributed by atoms with Crippen LogP contribution in [0.25, 0.3) is 10.9 Å². The largest absolute Gasteiger partial charge is 0.348 e. The first-order valence-corrected chi connectivity index (χ1v) is 6.10. The summed E-state index contributed by atoms with van der Waals surface area (Å²) in [6.45, 7) is 0. The molecule has 2 nitrogen and oxygen atoms in total. The summed E-state index contributed by atoms with van der Waals surface area (Å²) in [7, 11) is 1.89. The molecule has 2 aromatic rings. The maximum atomic E-state index is 13.7. The number of hydrogen-bond acceptors (Lipinski definition) is 1. The van der Waals surface area contributed by atoms with E-state index < -0.39 is 0 Å². The van der Waals surface area contributed by atoms with Crippen LogP contribution < -0.4 is 5.73 Å². The number of benzene rings is 1. The van der Waals surface area contributed by atoms with Crippen LogP contribution in [-0.2, 0) is 13.5 Å². The van der Waals surface area contributed by atoms with Gasteiger partial charge < -0.3 is 10.3 Å². The highest BCUT2D eigenvalue weighted by molar-refractivity contribution is 5.84. The molecular formula is C14H17FN2. The summed E-state index contributed by atoms with van der Waals surface area (Å²) in [6, 6.07) is 5.28. The molecule has 1 aromatic carbocycles. The lowest BCUT2D eigenvalue weighted by atomic mass is 10.0. The standard InChI is InChI=1S/C14H17FN2/c1-17-9-10(5-6-14(16)7-8-14)11-3-2-4-12(15)13(11)17/h2-4,9H,5-8,16H2,1H3. The lowest BCUT2D eigenvalue weighted by molar-refractivity contribution is 0.610. The molecule has 1 aromatic heterocycles. The van der Waals surface area contributed by atoms with Gasteiger partial charge in [0.1, 0.15) is 5.82 Å². The Morgan fingerprint density at radius 3 is 2.88 bits per heavy atom. The first-order chi connectivity index (χ1) is 8.09. The van der Waals surface area contributed by atoms with Crippen molar-refractivity contribution in [3.8, 4) is 0 Å². The van der Waals surface area contributed by atoms with E-state index in [-0.39, 0.29) is 11.4 Å². The Hall–Kier alpha value is -1.35. The van der Waals surface area contributed by atoms with Gasteiger partial charge in [0.2, 0.25) is 0 Å². The fourth-order valence-corrected chi connectivity index (χ4v) is 2.49. The number of aromatic nitrogens is 1. The van der Waals surface area contributed by atoms with Crippen LogP contribution in [-0.4, -0.2) is 10.1 Å². The molecule has 1 heterocycles. The highest BCUT2D eigenvalue weighted by Gasteiger charge is 2.37. The molecule has 1 aliphatic carbocycles. The molecular weight excluding hydrogens is 215 g/mol. The summed E-state index contributed by atoms with van der Waals surface area (Å²) in [4.78, 5) is 0. The van der Waals surface area contributed by atoms with Crippen LogP contribution in [0.4, 0.5) is 4.39 Å². The van der Waals surface area contributed by atoms with Gasteiger partial charge in [0.05, 0.1) is 5.52 Å². The van der Waals surface area contributed by atoms with Gasteiger partial charge in [-0.2, -0.15) is 0 Å². The molecule has 3 rings (SSSR count). The first-order valence-electron chi connectivity index (χ1n) is 6.10. The van der Waals surface area contributed by atoms with E-state index >= 15 is 0 Å². The Balaban J connectivity index is 1.96. The van der Waals surface area contributed by atoms with Crippen LogP contribution in [0.3, 0.4) is 0 Å². The van der Waals surface area contributed by atoms with Crippen molar-refractivity contribution in [1.29, 1.82) is 0 Å². The highest BCUT2D eigenvalue weighted by atomic mass is 19.1. The van der Waals surface area contributed by atoms with E-state index in [1.807, 2.05) is 23.9 Å². The maximum Gasteiger partial charge on any atom is 0.147 e. The average Bonchev–Trinajstić information content (AvgIpc) is 2.93. The Morgan fingerprint density at radius 1 is 1.41 bits per heavy atom. The van der Waals surface area contributed by atoms with E-state index in [2.05, 4.69) is 0 Å². The predicted octanol–water partition coefficient (Wildman–Crippen LogP) is 2.74. The van der Waals surface area contributed by atoms with Gasteiger partial charge in [0.15, 0.2) is 0 Å². The average molecular weight is 232 g/mol. The van der Waals surface area contributed by atoms with E-state index in [4.69, 9.17) is 5.73 Å². The van der Waals surface area contributed by atoms with E-state index in [9.17, 15) is 4.39 Å². The Kier molecular flexibility index (Phi) is 2.26. The lowest BCUT2D eigenvalue weighted by Gasteiger charge is -2.06.